The van der Waals surface area contributed by atoms with Gasteiger partial charge < -0.3 is 15.1 Å². The second-order valence-electron chi connectivity index (χ2n) is 5.99. The average Bonchev–Trinajstić information content (AvgIpc) is 2.72. The topological polar surface area (TPSA) is 52.7 Å². The molecule has 0 saturated carbocycles. The van der Waals surface area contributed by atoms with Crippen LogP contribution in [0.1, 0.15) is 39.0 Å². The molecule has 2 aliphatic rings. The lowest BCUT2D eigenvalue weighted by atomic mass is 9.94. The summed E-state index contributed by atoms with van der Waals surface area (Å²) in [4.78, 5) is 27.4. The van der Waals surface area contributed by atoms with E-state index in [0.717, 1.165) is 39.0 Å². The van der Waals surface area contributed by atoms with Gasteiger partial charge in [0.25, 0.3) is 0 Å². The third-order valence-electron chi connectivity index (χ3n) is 4.46. The third kappa shape index (κ3) is 4.47. The van der Waals surface area contributed by atoms with E-state index in [1.165, 1.54) is 12.8 Å². The number of carbonyl (C=O) groups excluding carboxylic acids is 2. The Bertz CT molecular complexity index is 340. The van der Waals surface area contributed by atoms with Crippen LogP contribution in [0.4, 0.5) is 0 Å². The molecule has 0 aromatic rings. The number of carbonyl (C=O) groups is 2. The van der Waals surface area contributed by atoms with Crippen molar-refractivity contribution in [2.75, 3.05) is 39.3 Å². The summed E-state index contributed by atoms with van der Waals surface area (Å²) >= 11 is 0. The van der Waals surface area contributed by atoms with Crippen LogP contribution < -0.4 is 5.32 Å². The lowest BCUT2D eigenvalue weighted by molar-refractivity contribution is -0.132. The SMILES string of the molecule is CC(=O)N1CCCN(C(=O)CCC2CCCNC2)CC1. The summed E-state index contributed by atoms with van der Waals surface area (Å²) in [6.07, 6.45) is 5.04. The van der Waals surface area contributed by atoms with E-state index in [-0.39, 0.29) is 11.8 Å². The molecule has 2 heterocycles. The van der Waals surface area contributed by atoms with Gasteiger partial charge in [-0.05, 0) is 44.7 Å². The molecule has 2 aliphatic heterocycles. The molecular formula is C15H27N3O2. The van der Waals surface area contributed by atoms with Crippen LogP contribution in [0.25, 0.3) is 0 Å². The van der Waals surface area contributed by atoms with Crippen LogP contribution in [0.5, 0.6) is 0 Å². The fraction of sp³-hybridized carbons (Fsp3) is 0.867. The van der Waals surface area contributed by atoms with Gasteiger partial charge in [-0.25, -0.2) is 0 Å². The van der Waals surface area contributed by atoms with Crippen molar-refractivity contribution < 1.29 is 9.59 Å². The fourth-order valence-corrected chi connectivity index (χ4v) is 3.14. The first-order valence-electron chi connectivity index (χ1n) is 7.91. The molecule has 5 nitrogen and oxygen atoms in total. The van der Waals surface area contributed by atoms with E-state index in [0.29, 0.717) is 25.4 Å². The van der Waals surface area contributed by atoms with Gasteiger partial charge in [0.05, 0.1) is 0 Å². The van der Waals surface area contributed by atoms with Crippen molar-refractivity contribution in [3.05, 3.63) is 0 Å². The average molecular weight is 281 g/mol. The second-order valence-corrected chi connectivity index (χ2v) is 5.99. The summed E-state index contributed by atoms with van der Waals surface area (Å²) in [5.74, 6) is 1.04. The Labute approximate surface area is 121 Å². The van der Waals surface area contributed by atoms with Crippen LogP contribution in [0.3, 0.4) is 0 Å². The molecule has 2 amide bonds. The van der Waals surface area contributed by atoms with Gasteiger partial charge in [0.2, 0.25) is 11.8 Å². The summed E-state index contributed by atoms with van der Waals surface area (Å²) in [6.45, 7) is 6.75. The molecule has 2 rings (SSSR count). The molecular weight excluding hydrogens is 254 g/mol. The predicted octanol–water partition coefficient (Wildman–Crippen LogP) is 0.847. The van der Waals surface area contributed by atoms with Gasteiger partial charge in [0.1, 0.15) is 0 Å². The summed E-state index contributed by atoms with van der Waals surface area (Å²) in [5, 5.41) is 3.40. The molecule has 1 atom stereocenters. The Morgan fingerprint density at radius 2 is 1.85 bits per heavy atom. The van der Waals surface area contributed by atoms with Crippen molar-refractivity contribution in [3.8, 4) is 0 Å². The molecule has 0 aromatic heterocycles. The van der Waals surface area contributed by atoms with Crippen molar-refractivity contribution in [1.29, 1.82) is 0 Å². The minimum absolute atomic E-state index is 0.118. The van der Waals surface area contributed by atoms with Gasteiger partial charge in [-0.3, -0.25) is 9.59 Å². The zero-order chi connectivity index (χ0) is 14.4. The van der Waals surface area contributed by atoms with Crippen molar-refractivity contribution in [1.82, 2.24) is 15.1 Å². The van der Waals surface area contributed by atoms with Gasteiger partial charge in [-0.15, -0.1) is 0 Å². The minimum Gasteiger partial charge on any atom is -0.341 e. The van der Waals surface area contributed by atoms with Gasteiger partial charge in [0, 0.05) is 39.5 Å². The van der Waals surface area contributed by atoms with E-state index in [1.807, 2.05) is 9.80 Å². The van der Waals surface area contributed by atoms with E-state index >= 15 is 0 Å². The molecule has 2 saturated heterocycles. The van der Waals surface area contributed by atoms with Gasteiger partial charge >= 0.3 is 0 Å². The summed E-state index contributed by atoms with van der Waals surface area (Å²) in [5.41, 5.74) is 0. The van der Waals surface area contributed by atoms with Crippen molar-refractivity contribution >= 4 is 11.8 Å². The summed E-state index contributed by atoms with van der Waals surface area (Å²) in [7, 11) is 0. The van der Waals surface area contributed by atoms with E-state index in [2.05, 4.69) is 5.32 Å². The number of amides is 2. The van der Waals surface area contributed by atoms with Crippen LogP contribution >= 0.6 is 0 Å². The molecule has 5 heteroatoms. The molecule has 0 radical (unpaired) electrons. The lowest BCUT2D eigenvalue weighted by Gasteiger charge is -2.25. The lowest BCUT2D eigenvalue weighted by Crippen LogP contribution is -2.37. The first-order chi connectivity index (χ1) is 9.66. The van der Waals surface area contributed by atoms with Crippen LogP contribution in [-0.2, 0) is 9.59 Å². The summed E-state index contributed by atoms with van der Waals surface area (Å²) < 4.78 is 0. The molecule has 20 heavy (non-hydrogen) atoms. The number of rotatable bonds is 3. The Balaban J connectivity index is 1.73. The molecule has 0 bridgehead atoms. The highest BCUT2D eigenvalue weighted by atomic mass is 16.2. The first kappa shape index (κ1) is 15.3. The summed E-state index contributed by atoms with van der Waals surface area (Å²) in [6, 6.07) is 0. The fourth-order valence-electron chi connectivity index (χ4n) is 3.14. The predicted molar refractivity (Wildman–Crippen MR) is 78.3 cm³/mol. The maximum absolute atomic E-state index is 12.3. The number of hydrogen-bond acceptors (Lipinski definition) is 3. The molecule has 114 valence electrons. The smallest absolute Gasteiger partial charge is 0.222 e. The van der Waals surface area contributed by atoms with Gasteiger partial charge in [-0.1, -0.05) is 0 Å². The van der Waals surface area contributed by atoms with Crippen LogP contribution in [0.15, 0.2) is 0 Å². The van der Waals surface area contributed by atoms with E-state index in [4.69, 9.17) is 0 Å². The van der Waals surface area contributed by atoms with Crippen LogP contribution in [0, 0.1) is 5.92 Å². The Morgan fingerprint density at radius 1 is 1.10 bits per heavy atom. The maximum Gasteiger partial charge on any atom is 0.222 e. The maximum atomic E-state index is 12.3. The van der Waals surface area contributed by atoms with Gasteiger partial charge in [0.15, 0.2) is 0 Å². The molecule has 0 aromatic carbocycles. The normalized spacial score (nSPS) is 24.4. The van der Waals surface area contributed by atoms with Crippen LogP contribution in [0.2, 0.25) is 0 Å². The molecule has 0 spiro atoms. The minimum atomic E-state index is 0.118. The number of hydrogen-bond donors (Lipinski definition) is 1. The quantitative estimate of drug-likeness (QED) is 0.834. The van der Waals surface area contributed by atoms with E-state index in [1.54, 1.807) is 6.92 Å². The molecule has 1 N–H and O–H groups in total. The van der Waals surface area contributed by atoms with Crippen molar-refractivity contribution in [2.45, 2.75) is 39.0 Å². The highest BCUT2D eigenvalue weighted by Gasteiger charge is 2.21. The highest BCUT2D eigenvalue weighted by molar-refractivity contribution is 5.76. The zero-order valence-electron chi connectivity index (χ0n) is 12.6. The number of nitrogens with one attached hydrogen (secondary N) is 1. The standard InChI is InChI=1S/C15H27N3O2/c1-13(19)17-8-3-9-18(11-10-17)15(20)6-5-14-4-2-7-16-12-14/h14,16H,2-12H2,1H3. The first-order valence-corrected chi connectivity index (χ1v) is 7.91. The Kier molecular flexibility index (Phi) is 5.83. The second kappa shape index (κ2) is 7.62. The largest absolute Gasteiger partial charge is 0.341 e. The van der Waals surface area contributed by atoms with Crippen LogP contribution in [-0.4, -0.2) is 60.9 Å². The monoisotopic (exact) mass is 281 g/mol. The highest BCUT2D eigenvalue weighted by Crippen LogP contribution is 2.17. The Hall–Kier alpha value is -1.10. The third-order valence-corrected chi connectivity index (χ3v) is 4.46. The number of piperidine rings is 1. The van der Waals surface area contributed by atoms with Crippen molar-refractivity contribution in [2.24, 2.45) is 5.92 Å². The molecule has 1 unspecified atom stereocenters. The Morgan fingerprint density at radius 3 is 2.55 bits per heavy atom. The van der Waals surface area contributed by atoms with E-state index < -0.39 is 0 Å². The number of nitrogens with zero attached hydrogens (tertiary/aromatic N) is 2. The molecule has 0 aliphatic carbocycles. The molecule has 2 fully saturated rings. The van der Waals surface area contributed by atoms with Gasteiger partial charge in [-0.2, -0.15) is 0 Å². The van der Waals surface area contributed by atoms with E-state index in [9.17, 15) is 9.59 Å². The van der Waals surface area contributed by atoms with Crippen molar-refractivity contribution in [3.63, 3.8) is 0 Å². The zero-order valence-corrected chi connectivity index (χ0v) is 12.6.